The normalized spacial score (nSPS) is 21.6. The minimum absolute atomic E-state index is 0.175. The summed E-state index contributed by atoms with van der Waals surface area (Å²) in [5.41, 5.74) is 7.30. The Morgan fingerprint density at radius 2 is 1.74 bits per heavy atom. The standard InChI is InChI=1S/C25H34N4O4S2/c1-15(2)28-10-9-20-21(14-28)34-25(22(20)23(26)30)27-24(31)18-5-7-19(8-6-18)35(32,33)29-12-16(3)11-17(4)13-29/h5-8,15-17H,9-14H2,1-4H3,(H2,26,30)(H,27,31)/t16-,17-/m0/s1. The number of amides is 2. The Kier molecular flexibility index (Phi) is 7.38. The van der Waals surface area contributed by atoms with Gasteiger partial charge in [0, 0.05) is 42.7 Å². The predicted molar refractivity (Wildman–Crippen MR) is 138 cm³/mol. The van der Waals surface area contributed by atoms with Gasteiger partial charge in [-0.3, -0.25) is 14.5 Å². The van der Waals surface area contributed by atoms with Gasteiger partial charge in [0.15, 0.2) is 0 Å². The van der Waals surface area contributed by atoms with Crippen molar-refractivity contribution >= 4 is 38.2 Å². The summed E-state index contributed by atoms with van der Waals surface area (Å²) in [5, 5.41) is 3.29. The fourth-order valence-electron chi connectivity index (χ4n) is 5.12. The third-order valence-electron chi connectivity index (χ3n) is 6.88. The van der Waals surface area contributed by atoms with E-state index in [9.17, 15) is 18.0 Å². The third kappa shape index (κ3) is 5.30. The number of carbonyl (C=O) groups excluding carboxylic acids is 2. The van der Waals surface area contributed by atoms with Gasteiger partial charge in [-0.1, -0.05) is 13.8 Å². The molecule has 10 heteroatoms. The molecule has 1 aromatic carbocycles. The molecule has 1 fully saturated rings. The molecule has 2 atom stereocenters. The molecule has 1 aromatic heterocycles. The molecule has 2 aliphatic heterocycles. The molecule has 0 saturated carbocycles. The molecule has 4 rings (SSSR count). The molecule has 0 bridgehead atoms. The Morgan fingerprint density at radius 1 is 1.11 bits per heavy atom. The number of hydrogen-bond donors (Lipinski definition) is 2. The van der Waals surface area contributed by atoms with Crippen LogP contribution in [0.1, 0.15) is 65.3 Å². The molecule has 190 valence electrons. The number of thiophene rings is 1. The van der Waals surface area contributed by atoms with Gasteiger partial charge in [-0.25, -0.2) is 8.42 Å². The average Bonchev–Trinajstić information content (AvgIpc) is 3.15. The zero-order valence-electron chi connectivity index (χ0n) is 20.7. The molecule has 0 unspecified atom stereocenters. The van der Waals surface area contributed by atoms with E-state index in [-0.39, 0.29) is 4.90 Å². The summed E-state index contributed by atoms with van der Waals surface area (Å²) >= 11 is 1.38. The molecule has 1 saturated heterocycles. The smallest absolute Gasteiger partial charge is 0.256 e. The number of piperidine rings is 1. The molecule has 3 heterocycles. The highest BCUT2D eigenvalue weighted by Crippen LogP contribution is 2.37. The van der Waals surface area contributed by atoms with Crippen LogP contribution in [0.2, 0.25) is 0 Å². The first kappa shape index (κ1) is 25.8. The lowest BCUT2D eigenvalue weighted by Gasteiger charge is -2.34. The Hall–Kier alpha value is -2.27. The van der Waals surface area contributed by atoms with Crippen molar-refractivity contribution in [2.24, 2.45) is 17.6 Å². The topological polar surface area (TPSA) is 113 Å². The largest absolute Gasteiger partial charge is 0.365 e. The molecule has 2 aromatic rings. The molecule has 0 radical (unpaired) electrons. The van der Waals surface area contributed by atoms with Crippen molar-refractivity contribution in [3.63, 3.8) is 0 Å². The lowest BCUT2D eigenvalue weighted by molar-refractivity contribution is 0.0999. The van der Waals surface area contributed by atoms with Gasteiger partial charge in [-0.05, 0) is 68.4 Å². The number of fused-ring (bicyclic) bond motifs is 1. The number of carbonyl (C=O) groups is 2. The molecule has 8 nitrogen and oxygen atoms in total. The maximum Gasteiger partial charge on any atom is 0.256 e. The van der Waals surface area contributed by atoms with Gasteiger partial charge in [0.05, 0.1) is 10.5 Å². The summed E-state index contributed by atoms with van der Waals surface area (Å²) in [6.07, 6.45) is 1.72. The van der Waals surface area contributed by atoms with E-state index in [1.165, 1.54) is 39.9 Å². The molecule has 2 amide bonds. The van der Waals surface area contributed by atoms with Crippen LogP contribution in [0.4, 0.5) is 5.00 Å². The third-order valence-corrected chi connectivity index (χ3v) is 9.86. The zero-order chi connectivity index (χ0) is 25.5. The van der Waals surface area contributed by atoms with E-state index < -0.39 is 21.8 Å². The van der Waals surface area contributed by atoms with Crippen molar-refractivity contribution in [2.45, 2.75) is 58.0 Å². The van der Waals surface area contributed by atoms with E-state index in [1.54, 1.807) is 0 Å². The number of nitrogens with zero attached hydrogens (tertiary/aromatic N) is 2. The van der Waals surface area contributed by atoms with E-state index in [0.29, 0.717) is 60.1 Å². The summed E-state index contributed by atoms with van der Waals surface area (Å²) < 4.78 is 27.8. The fraction of sp³-hybridized carbons (Fsp3) is 0.520. The van der Waals surface area contributed by atoms with E-state index in [4.69, 9.17) is 5.73 Å². The van der Waals surface area contributed by atoms with Crippen LogP contribution in [-0.4, -0.2) is 55.1 Å². The Morgan fingerprint density at radius 3 is 2.31 bits per heavy atom. The SMILES string of the molecule is CC(C)N1CCc2c(sc(NC(=O)c3ccc(S(=O)(=O)N4C[C@@H](C)C[C@H](C)C4)cc3)c2C(N)=O)C1. The van der Waals surface area contributed by atoms with Crippen molar-refractivity contribution < 1.29 is 18.0 Å². The van der Waals surface area contributed by atoms with Crippen molar-refractivity contribution in [3.8, 4) is 0 Å². The molecular weight excluding hydrogens is 484 g/mol. The van der Waals surface area contributed by atoms with E-state index in [1.807, 2.05) is 0 Å². The maximum absolute atomic E-state index is 13.1. The second kappa shape index (κ2) is 10.0. The first-order valence-corrected chi connectivity index (χ1v) is 14.3. The zero-order valence-corrected chi connectivity index (χ0v) is 22.3. The van der Waals surface area contributed by atoms with E-state index >= 15 is 0 Å². The molecule has 0 spiro atoms. The quantitative estimate of drug-likeness (QED) is 0.607. The second-order valence-electron chi connectivity index (χ2n) is 10.1. The van der Waals surface area contributed by atoms with Crippen LogP contribution in [0, 0.1) is 11.8 Å². The van der Waals surface area contributed by atoms with Crippen LogP contribution < -0.4 is 11.1 Å². The van der Waals surface area contributed by atoms with Gasteiger partial charge >= 0.3 is 0 Å². The molecule has 2 aliphatic rings. The number of rotatable bonds is 6. The number of sulfonamides is 1. The Balaban J connectivity index is 1.53. The van der Waals surface area contributed by atoms with Gasteiger partial charge in [0.25, 0.3) is 11.8 Å². The summed E-state index contributed by atoms with van der Waals surface area (Å²) in [4.78, 5) is 28.8. The number of primary amides is 1. The van der Waals surface area contributed by atoms with Crippen LogP contribution in [0.25, 0.3) is 0 Å². The van der Waals surface area contributed by atoms with Gasteiger partial charge in [-0.2, -0.15) is 4.31 Å². The van der Waals surface area contributed by atoms with Crippen molar-refractivity contribution in [3.05, 3.63) is 45.8 Å². The summed E-state index contributed by atoms with van der Waals surface area (Å²) in [6.45, 7) is 10.9. The highest BCUT2D eigenvalue weighted by atomic mass is 32.2. The first-order valence-electron chi connectivity index (χ1n) is 12.1. The molecule has 3 N–H and O–H groups in total. The number of nitrogens with one attached hydrogen (secondary N) is 1. The summed E-state index contributed by atoms with van der Waals surface area (Å²) in [6, 6.07) is 6.35. The number of hydrogen-bond acceptors (Lipinski definition) is 6. The average molecular weight is 519 g/mol. The fourth-order valence-corrected chi connectivity index (χ4v) is 8.07. The van der Waals surface area contributed by atoms with Crippen LogP contribution in [-0.2, 0) is 23.0 Å². The molecule has 0 aliphatic carbocycles. The lowest BCUT2D eigenvalue weighted by atomic mass is 9.94. The van der Waals surface area contributed by atoms with Crippen molar-refractivity contribution in [2.75, 3.05) is 25.0 Å². The van der Waals surface area contributed by atoms with Crippen LogP contribution >= 0.6 is 11.3 Å². The monoisotopic (exact) mass is 518 g/mol. The van der Waals surface area contributed by atoms with Crippen LogP contribution in [0.5, 0.6) is 0 Å². The number of anilines is 1. The van der Waals surface area contributed by atoms with Crippen LogP contribution in [0.3, 0.4) is 0 Å². The van der Waals surface area contributed by atoms with Gasteiger partial charge in [0.2, 0.25) is 10.0 Å². The van der Waals surface area contributed by atoms with Gasteiger partial charge in [-0.15, -0.1) is 11.3 Å². The van der Waals surface area contributed by atoms with Crippen molar-refractivity contribution in [1.29, 1.82) is 0 Å². The minimum Gasteiger partial charge on any atom is -0.365 e. The minimum atomic E-state index is -3.62. The number of nitrogens with two attached hydrogens (primary N) is 1. The summed E-state index contributed by atoms with van der Waals surface area (Å²) in [5.74, 6) is -0.345. The molecular formula is C25H34N4O4S2. The van der Waals surface area contributed by atoms with E-state index in [2.05, 4.69) is 37.9 Å². The Labute approximate surface area is 211 Å². The number of benzene rings is 1. The summed E-state index contributed by atoms with van der Waals surface area (Å²) in [7, 11) is -3.62. The second-order valence-corrected chi connectivity index (χ2v) is 13.2. The highest BCUT2D eigenvalue weighted by molar-refractivity contribution is 7.89. The van der Waals surface area contributed by atoms with E-state index in [0.717, 1.165) is 23.4 Å². The van der Waals surface area contributed by atoms with Crippen molar-refractivity contribution in [1.82, 2.24) is 9.21 Å². The van der Waals surface area contributed by atoms with Gasteiger partial charge < -0.3 is 11.1 Å². The van der Waals surface area contributed by atoms with Crippen LogP contribution in [0.15, 0.2) is 29.2 Å². The van der Waals surface area contributed by atoms with Gasteiger partial charge in [0.1, 0.15) is 5.00 Å². The maximum atomic E-state index is 13.1. The predicted octanol–water partition coefficient (Wildman–Crippen LogP) is 3.53. The lowest BCUT2D eigenvalue weighted by Crippen LogP contribution is -2.42. The Bertz CT molecular complexity index is 1210. The first-order chi connectivity index (χ1) is 16.5. The molecule has 35 heavy (non-hydrogen) atoms. The highest BCUT2D eigenvalue weighted by Gasteiger charge is 2.32.